The zero-order valence-electron chi connectivity index (χ0n) is 17.7. The van der Waals surface area contributed by atoms with Crippen LogP contribution in [0, 0.1) is 0 Å². The van der Waals surface area contributed by atoms with Crippen molar-refractivity contribution in [2.75, 3.05) is 22.2 Å². The van der Waals surface area contributed by atoms with Crippen LogP contribution in [0.15, 0.2) is 42.5 Å². The minimum Gasteiger partial charge on any atom is -0.479 e. The quantitative estimate of drug-likeness (QED) is 0.791. The lowest BCUT2D eigenvalue weighted by atomic mass is 9.94. The molecular formula is C23H25N3O4. The molecule has 2 amide bonds. The van der Waals surface area contributed by atoms with Gasteiger partial charge < -0.3 is 15.0 Å². The number of hydrogen-bond donors (Lipinski definition) is 1. The maximum atomic E-state index is 13.4. The smallest absolute Gasteiger partial charge is 0.267 e. The molecule has 2 aliphatic rings. The minimum atomic E-state index is -0.838. The first-order chi connectivity index (χ1) is 14.1. The zero-order chi connectivity index (χ0) is 21.8. The number of ether oxygens (including phenoxy) is 1. The standard InChI is InChI=1S/C23H25N3O4/c1-13(26-17-9-7-6-8-16(17)24-23(3,4)22(26)29)20(27)15-10-11-19-18(12-15)25(5)21(28)14(2)30-19/h6-14,24H,1-5H3. The molecule has 2 heterocycles. The van der Waals surface area contributed by atoms with Crippen molar-refractivity contribution >= 4 is 34.7 Å². The molecule has 0 saturated heterocycles. The van der Waals surface area contributed by atoms with Crippen LogP contribution in [0.25, 0.3) is 0 Å². The number of fused-ring (bicyclic) bond motifs is 2. The number of amides is 2. The largest absolute Gasteiger partial charge is 0.479 e. The van der Waals surface area contributed by atoms with E-state index >= 15 is 0 Å². The first-order valence-corrected chi connectivity index (χ1v) is 9.95. The lowest BCUT2D eigenvalue weighted by Gasteiger charge is -2.42. The molecule has 0 radical (unpaired) electrons. The minimum absolute atomic E-state index is 0.173. The van der Waals surface area contributed by atoms with Gasteiger partial charge in [0.2, 0.25) is 0 Å². The number of para-hydroxylation sites is 2. The molecule has 30 heavy (non-hydrogen) atoms. The van der Waals surface area contributed by atoms with Crippen LogP contribution in [0.2, 0.25) is 0 Å². The third-order valence-corrected chi connectivity index (χ3v) is 5.72. The van der Waals surface area contributed by atoms with Gasteiger partial charge in [-0.1, -0.05) is 12.1 Å². The molecular weight excluding hydrogens is 382 g/mol. The van der Waals surface area contributed by atoms with E-state index in [9.17, 15) is 14.4 Å². The normalized spacial score (nSPS) is 20.6. The average molecular weight is 407 g/mol. The Morgan fingerprint density at radius 3 is 2.57 bits per heavy atom. The van der Waals surface area contributed by atoms with Gasteiger partial charge in [0.1, 0.15) is 11.3 Å². The number of likely N-dealkylation sites (N-methyl/N-ethyl adjacent to an activating group) is 1. The number of hydrogen-bond acceptors (Lipinski definition) is 5. The molecule has 0 spiro atoms. The highest BCUT2D eigenvalue weighted by atomic mass is 16.5. The van der Waals surface area contributed by atoms with Crippen LogP contribution in [-0.4, -0.2) is 42.3 Å². The second-order valence-electron chi connectivity index (χ2n) is 8.32. The van der Waals surface area contributed by atoms with Gasteiger partial charge in [-0.15, -0.1) is 0 Å². The van der Waals surface area contributed by atoms with Crippen molar-refractivity contribution < 1.29 is 19.1 Å². The van der Waals surface area contributed by atoms with Crippen LogP contribution >= 0.6 is 0 Å². The van der Waals surface area contributed by atoms with Crippen LogP contribution in [0.5, 0.6) is 5.75 Å². The summed E-state index contributed by atoms with van der Waals surface area (Å²) in [5.41, 5.74) is 1.60. The molecule has 2 aromatic rings. The van der Waals surface area contributed by atoms with Gasteiger partial charge in [-0.3, -0.25) is 19.3 Å². The van der Waals surface area contributed by atoms with E-state index in [1.807, 2.05) is 24.3 Å². The second-order valence-corrected chi connectivity index (χ2v) is 8.32. The van der Waals surface area contributed by atoms with E-state index in [1.165, 1.54) is 4.90 Å². The Morgan fingerprint density at radius 1 is 1.13 bits per heavy atom. The molecule has 0 fully saturated rings. The van der Waals surface area contributed by atoms with Crippen LogP contribution < -0.4 is 19.9 Å². The van der Waals surface area contributed by atoms with Crippen molar-refractivity contribution in [2.45, 2.75) is 45.4 Å². The molecule has 7 nitrogen and oxygen atoms in total. The molecule has 0 saturated carbocycles. The van der Waals surface area contributed by atoms with E-state index in [4.69, 9.17) is 4.74 Å². The van der Waals surface area contributed by atoms with E-state index in [0.717, 1.165) is 5.69 Å². The molecule has 0 bridgehead atoms. The van der Waals surface area contributed by atoms with Crippen molar-refractivity contribution in [3.63, 3.8) is 0 Å². The predicted molar refractivity (Wildman–Crippen MR) is 115 cm³/mol. The fourth-order valence-corrected chi connectivity index (χ4v) is 4.00. The number of carbonyl (C=O) groups is 3. The maximum absolute atomic E-state index is 13.4. The van der Waals surface area contributed by atoms with Gasteiger partial charge in [-0.05, 0) is 58.0 Å². The maximum Gasteiger partial charge on any atom is 0.267 e. The van der Waals surface area contributed by atoms with Crippen LogP contribution in [0.1, 0.15) is 38.1 Å². The van der Waals surface area contributed by atoms with E-state index in [1.54, 1.807) is 57.8 Å². The molecule has 2 unspecified atom stereocenters. The molecule has 156 valence electrons. The summed E-state index contributed by atoms with van der Waals surface area (Å²) in [5.74, 6) is -0.00535. The summed E-state index contributed by atoms with van der Waals surface area (Å²) in [6.45, 7) is 7.02. The fourth-order valence-electron chi connectivity index (χ4n) is 4.00. The van der Waals surface area contributed by atoms with Gasteiger partial charge in [-0.2, -0.15) is 0 Å². The molecule has 2 atom stereocenters. The predicted octanol–water partition coefficient (Wildman–Crippen LogP) is 3.24. The molecule has 2 aliphatic heterocycles. The Labute approximate surface area is 175 Å². The van der Waals surface area contributed by atoms with Gasteiger partial charge in [0.25, 0.3) is 11.8 Å². The third kappa shape index (κ3) is 3.01. The van der Waals surface area contributed by atoms with Crippen LogP contribution in [0.4, 0.5) is 17.1 Å². The first-order valence-electron chi connectivity index (χ1n) is 9.95. The molecule has 0 aliphatic carbocycles. The van der Waals surface area contributed by atoms with E-state index in [0.29, 0.717) is 22.7 Å². The molecule has 1 N–H and O–H groups in total. The summed E-state index contributed by atoms with van der Waals surface area (Å²) in [7, 11) is 1.66. The first kappa shape index (κ1) is 19.9. The Kier molecular flexibility index (Phi) is 4.56. The van der Waals surface area contributed by atoms with Crippen molar-refractivity contribution in [1.82, 2.24) is 0 Å². The number of benzene rings is 2. The number of anilines is 3. The average Bonchev–Trinajstić information content (AvgIpc) is 2.71. The van der Waals surface area contributed by atoms with Gasteiger partial charge in [-0.25, -0.2) is 0 Å². The van der Waals surface area contributed by atoms with E-state index in [-0.39, 0.29) is 17.6 Å². The van der Waals surface area contributed by atoms with Crippen molar-refractivity contribution in [3.05, 3.63) is 48.0 Å². The Hall–Kier alpha value is -3.35. The lowest BCUT2D eigenvalue weighted by Crippen LogP contribution is -2.58. The molecule has 4 rings (SSSR count). The molecule has 7 heteroatoms. The topological polar surface area (TPSA) is 79.0 Å². The number of nitrogens with one attached hydrogen (secondary N) is 1. The van der Waals surface area contributed by atoms with Gasteiger partial charge >= 0.3 is 0 Å². The Bertz CT molecular complexity index is 1060. The Balaban J connectivity index is 1.71. The van der Waals surface area contributed by atoms with Crippen molar-refractivity contribution in [1.29, 1.82) is 0 Å². The molecule has 2 aromatic carbocycles. The summed E-state index contributed by atoms with van der Waals surface area (Å²) in [5, 5.41) is 3.24. The van der Waals surface area contributed by atoms with Gasteiger partial charge in [0, 0.05) is 12.6 Å². The molecule has 0 aromatic heterocycles. The van der Waals surface area contributed by atoms with Crippen molar-refractivity contribution in [3.8, 4) is 5.75 Å². The zero-order valence-corrected chi connectivity index (χ0v) is 17.7. The summed E-state index contributed by atoms with van der Waals surface area (Å²) in [4.78, 5) is 41.9. The highest BCUT2D eigenvalue weighted by molar-refractivity contribution is 6.14. The SMILES string of the molecule is CC1Oc2ccc(C(=O)C(C)N3C(=O)C(C)(C)Nc4ccccc43)cc2N(C)C1=O. The monoisotopic (exact) mass is 407 g/mol. The number of nitrogens with zero attached hydrogens (tertiary/aromatic N) is 2. The fraction of sp³-hybridized carbons (Fsp3) is 0.348. The summed E-state index contributed by atoms with van der Waals surface area (Å²) in [6.07, 6.45) is -0.569. The van der Waals surface area contributed by atoms with Gasteiger partial charge in [0.15, 0.2) is 11.9 Å². The summed E-state index contributed by atoms with van der Waals surface area (Å²) < 4.78 is 5.64. The highest BCUT2D eigenvalue weighted by Crippen LogP contribution is 2.38. The third-order valence-electron chi connectivity index (χ3n) is 5.72. The highest BCUT2D eigenvalue weighted by Gasteiger charge is 2.42. The number of Topliss-reactive ketones (excluding diaryl/α,β-unsaturated/α-hetero) is 1. The van der Waals surface area contributed by atoms with Gasteiger partial charge in [0.05, 0.1) is 23.1 Å². The second kappa shape index (κ2) is 6.86. The number of ketones is 1. The van der Waals surface area contributed by atoms with E-state index in [2.05, 4.69) is 5.32 Å². The van der Waals surface area contributed by atoms with Crippen LogP contribution in [0.3, 0.4) is 0 Å². The lowest BCUT2D eigenvalue weighted by molar-refractivity contribution is -0.125. The van der Waals surface area contributed by atoms with Crippen LogP contribution in [-0.2, 0) is 9.59 Å². The number of rotatable bonds is 3. The van der Waals surface area contributed by atoms with Crippen molar-refractivity contribution in [2.24, 2.45) is 0 Å². The summed E-state index contributed by atoms with van der Waals surface area (Å²) >= 11 is 0. The van der Waals surface area contributed by atoms with E-state index < -0.39 is 17.7 Å². The number of carbonyl (C=O) groups excluding carboxylic acids is 3. The summed E-state index contributed by atoms with van der Waals surface area (Å²) in [6, 6.07) is 11.8. The Morgan fingerprint density at radius 2 is 1.83 bits per heavy atom.